The number of hydrogen-bond donors (Lipinski definition) is 2. The quantitative estimate of drug-likeness (QED) is 0.646. The van der Waals surface area contributed by atoms with E-state index in [-0.39, 0.29) is 23.7 Å². The van der Waals surface area contributed by atoms with Gasteiger partial charge in [0.25, 0.3) is 5.56 Å². The Morgan fingerprint density at radius 3 is 2.39 bits per heavy atom. The van der Waals surface area contributed by atoms with Crippen LogP contribution in [0.3, 0.4) is 0 Å². The Morgan fingerprint density at radius 1 is 1.07 bits per heavy atom. The van der Waals surface area contributed by atoms with Gasteiger partial charge in [-0.1, -0.05) is 25.5 Å². The topological polar surface area (TPSA) is 66.9 Å². The number of carbonyl (C=O) groups is 1. The number of nitrogens with one attached hydrogen (secondary N) is 2. The normalized spacial score (nSPS) is 10.8. The minimum Gasteiger partial charge on any atom is -0.326 e. The molecule has 0 bridgehead atoms. The first-order chi connectivity index (χ1) is 13.5. The van der Waals surface area contributed by atoms with E-state index in [0.29, 0.717) is 23.4 Å². The van der Waals surface area contributed by atoms with E-state index in [0.717, 1.165) is 18.5 Å². The van der Waals surface area contributed by atoms with Crippen molar-refractivity contribution in [2.75, 3.05) is 5.32 Å². The number of rotatable bonds is 7. The lowest BCUT2D eigenvalue weighted by molar-refractivity contribution is -0.116. The summed E-state index contributed by atoms with van der Waals surface area (Å²) in [5.41, 5.74) is 3.58. The molecule has 0 spiro atoms. The van der Waals surface area contributed by atoms with Gasteiger partial charge in [-0.2, -0.15) is 0 Å². The second-order valence-electron chi connectivity index (χ2n) is 6.83. The van der Waals surface area contributed by atoms with E-state index in [1.807, 2.05) is 24.3 Å². The molecule has 3 aromatic rings. The van der Waals surface area contributed by atoms with Crippen LogP contribution in [-0.4, -0.2) is 15.7 Å². The molecule has 0 atom stereocenters. The molecule has 0 saturated heterocycles. The first-order valence-corrected chi connectivity index (χ1v) is 9.43. The molecule has 5 nitrogen and oxygen atoms in total. The van der Waals surface area contributed by atoms with Gasteiger partial charge >= 0.3 is 0 Å². The van der Waals surface area contributed by atoms with Crippen LogP contribution in [0.1, 0.15) is 36.6 Å². The molecule has 0 radical (unpaired) electrons. The van der Waals surface area contributed by atoms with E-state index >= 15 is 0 Å². The summed E-state index contributed by atoms with van der Waals surface area (Å²) in [5, 5.41) is 5.86. The van der Waals surface area contributed by atoms with Crippen LogP contribution in [0.4, 0.5) is 10.1 Å². The Labute approximate surface area is 163 Å². The second kappa shape index (κ2) is 8.69. The summed E-state index contributed by atoms with van der Waals surface area (Å²) >= 11 is 0. The summed E-state index contributed by atoms with van der Waals surface area (Å²) in [6.07, 6.45) is 2.63. The number of H-pyrrole nitrogens is 1. The molecule has 0 fully saturated rings. The SMILES string of the molecule is CCCc1ccc(NC(=O)CCc2c(C)[nH]n(-c3ccc(F)cc3)c2=O)cc1. The molecule has 146 valence electrons. The van der Waals surface area contributed by atoms with Crippen LogP contribution in [0.15, 0.2) is 53.3 Å². The molecule has 1 heterocycles. The lowest BCUT2D eigenvalue weighted by Gasteiger charge is -2.06. The zero-order chi connectivity index (χ0) is 20.1. The molecule has 1 amide bonds. The van der Waals surface area contributed by atoms with Gasteiger partial charge in [0.15, 0.2) is 0 Å². The third kappa shape index (κ3) is 4.57. The lowest BCUT2D eigenvalue weighted by atomic mass is 10.1. The lowest BCUT2D eigenvalue weighted by Crippen LogP contribution is -2.19. The average molecular weight is 381 g/mol. The summed E-state index contributed by atoms with van der Waals surface area (Å²) < 4.78 is 14.5. The maximum atomic E-state index is 13.1. The maximum absolute atomic E-state index is 13.1. The van der Waals surface area contributed by atoms with Gasteiger partial charge in [-0.25, -0.2) is 9.07 Å². The smallest absolute Gasteiger partial charge is 0.274 e. The Morgan fingerprint density at radius 2 is 1.75 bits per heavy atom. The Bertz CT molecular complexity index is 1000. The highest BCUT2D eigenvalue weighted by molar-refractivity contribution is 5.90. The summed E-state index contributed by atoms with van der Waals surface area (Å²) in [7, 11) is 0. The molecule has 0 unspecified atom stereocenters. The number of aromatic nitrogens is 2. The van der Waals surface area contributed by atoms with Crippen LogP contribution in [0.5, 0.6) is 0 Å². The molecular formula is C22H24FN3O2. The van der Waals surface area contributed by atoms with Gasteiger partial charge in [0.1, 0.15) is 5.82 Å². The highest BCUT2D eigenvalue weighted by Gasteiger charge is 2.14. The predicted octanol–water partition coefficient (Wildman–Crippen LogP) is 4.14. The zero-order valence-electron chi connectivity index (χ0n) is 16.1. The molecular weight excluding hydrogens is 357 g/mol. The van der Waals surface area contributed by atoms with E-state index in [9.17, 15) is 14.0 Å². The molecule has 0 saturated carbocycles. The summed E-state index contributed by atoms with van der Waals surface area (Å²) in [6, 6.07) is 13.5. The minimum atomic E-state index is -0.361. The molecule has 0 aliphatic carbocycles. The van der Waals surface area contributed by atoms with Crippen molar-refractivity contribution in [1.82, 2.24) is 9.78 Å². The number of anilines is 1. The number of halogens is 1. The first kappa shape index (κ1) is 19.6. The van der Waals surface area contributed by atoms with Gasteiger partial charge in [-0.15, -0.1) is 0 Å². The largest absolute Gasteiger partial charge is 0.326 e. The standard InChI is InChI=1S/C22H24FN3O2/c1-3-4-16-5-9-18(10-6-16)24-21(27)14-13-20-15(2)25-26(22(20)28)19-11-7-17(23)8-12-19/h5-12,25H,3-4,13-14H2,1-2H3,(H,24,27). The van der Waals surface area contributed by atoms with Crippen molar-refractivity contribution in [3.63, 3.8) is 0 Å². The fraction of sp³-hybridized carbons (Fsp3) is 0.273. The number of nitrogens with zero attached hydrogens (tertiary/aromatic N) is 1. The fourth-order valence-electron chi connectivity index (χ4n) is 3.15. The van der Waals surface area contributed by atoms with Crippen LogP contribution in [0.2, 0.25) is 0 Å². The number of carbonyl (C=O) groups excluding carboxylic acids is 1. The second-order valence-corrected chi connectivity index (χ2v) is 6.83. The predicted molar refractivity (Wildman–Crippen MR) is 108 cm³/mol. The number of aromatic amines is 1. The van der Waals surface area contributed by atoms with E-state index < -0.39 is 0 Å². The van der Waals surface area contributed by atoms with Crippen molar-refractivity contribution in [3.8, 4) is 5.69 Å². The number of aryl methyl sites for hydroxylation is 2. The highest BCUT2D eigenvalue weighted by atomic mass is 19.1. The van der Waals surface area contributed by atoms with Crippen LogP contribution < -0.4 is 10.9 Å². The van der Waals surface area contributed by atoms with Gasteiger partial charge in [-0.3, -0.25) is 14.7 Å². The maximum Gasteiger partial charge on any atom is 0.274 e. The molecule has 6 heteroatoms. The van der Waals surface area contributed by atoms with Crippen LogP contribution in [0.25, 0.3) is 5.69 Å². The molecule has 3 rings (SSSR count). The van der Waals surface area contributed by atoms with Gasteiger partial charge in [0, 0.05) is 23.4 Å². The monoisotopic (exact) mass is 381 g/mol. The van der Waals surface area contributed by atoms with Crippen LogP contribution in [0, 0.1) is 12.7 Å². The Balaban J connectivity index is 1.65. The average Bonchev–Trinajstić information content (AvgIpc) is 2.96. The van der Waals surface area contributed by atoms with Crippen molar-refractivity contribution in [3.05, 3.63) is 81.5 Å². The molecule has 1 aromatic heterocycles. The summed E-state index contributed by atoms with van der Waals surface area (Å²) in [5.74, 6) is -0.503. The van der Waals surface area contributed by atoms with E-state index in [1.165, 1.54) is 34.5 Å². The number of hydrogen-bond acceptors (Lipinski definition) is 2. The third-order valence-electron chi connectivity index (χ3n) is 4.66. The number of benzene rings is 2. The van der Waals surface area contributed by atoms with Crippen molar-refractivity contribution in [2.45, 2.75) is 39.5 Å². The molecule has 2 aromatic carbocycles. The Kier molecular flexibility index (Phi) is 6.09. The molecule has 0 aliphatic rings. The minimum absolute atomic E-state index is 0.142. The fourth-order valence-corrected chi connectivity index (χ4v) is 3.15. The van der Waals surface area contributed by atoms with Gasteiger partial charge < -0.3 is 5.32 Å². The van der Waals surface area contributed by atoms with Gasteiger partial charge in [0.05, 0.1) is 5.69 Å². The van der Waals surface area contributed by atoms with Crippen molar-refractivity contribution in [1.29, 1.82) is 0 Å². The Hall–Kier alpha value is -3.15. The van der Waals surface area contributed by atoms with Gasteiger partial charge in [0.2, 0.25) is 5.91 Å². The van der Waals surface area contributed by atoms with Crippen molar-refractivity contribution < 1.29 is 9.18 Å². The van der Waals surface area contributed by atoms with E-state index in [2.05, 4.69) is 17.3 Å². The van der Waals surface area contributed by atoms with E-state index in [1.54, 1.807) is 6.92 Å². The van der Waals surface area contributed by atoms with Crippen LogP contribution in [-0.2, 0) is 17.6 Å². The summed E-state index contributed by atoms with van der Waals surface area (Å²) in [4.78, 5) is 24.9. The summed E-state index contributed by atoms with van der Waals surface area (Å²) in [6.45, 7) is 3.92. The third-order valence-corrected chi connectivity index (χ3v) is 4.66. The zero-order valence-corrected chi connectivity index (χ0v) is 16.1. The first-order valence-electron chi connectivity index (χ1n) is 9.43. The van der Waals surface area contributed by atoms with Crippen molar-refractivity contribution >= 4 is 11.6 Å². The molecule has 2 N–H and O–H groups in total. The van der Waals surface area contributed by atoms with Gasteiger partial charge in [-0.05, 0) is 61.7 Å². The highest BCUT2D eigenvalue weighted by Crippen LogP contribution is 2.13. The van der Waals surface area contributed by atoms with E-state index in [4.69, 9.17) is 0 Å². The molecule has 28 heavy (non-hydrogen) atoms. The number of amides is 1. The van der Waals surface area contributed by atoms with Crippen molar-refractivity contribution in [2.24, 2.45) is 0 Å². The molecule has 0 aliphatic heterocycles. The van der Waals surface area contributed by atoms with Crippen LogP contribution >= 0.6 is 0 Å².